The third-order valence-electron chi connectivity index (χ3n) is 5.03. The fourth-order valence-corrected chi connectivity index (χ4v) is 3.32. The van der Waals surface area contributed by atoms with E-state index in [0.717, 1.165) is 0 Å². The van der Waals surface area contributed by atoms with E-state index < -0.39 is 53.8 Å². The maximum absolute atomic E-state index is 13.2. The van der Waals surface area contributed by atoms with Crippen molar-refractivity contribution in [2.24, 2.45) is 5.73 Å². The van der Waals surface area contributed by atoms with Gasteiger partial charge in [0, 0.05) is 48.8 Å². The number of hydrogen-bond donors (Lipinski definition) is 9. The molecule has 0 fully saturated rings. The molecule has 2 rings (SSSR count). The maximum Gasteiger partial charge on any atom is 0.327 e. The van der Waals surface area contributed by atoms with Crippen molar-refractivity contribution in [3.8, 4) is 0 Å². The number of nitrogens with zero attached hydrogens (tertiary/aromatic N) is 2. The minimum Gasteiger partial charge on any atom is -0.481 e. The van der Waals surface area contributed by atoms with Crippen LogP contribution in [0.25, 0.3) is 0 Å². The molecule has 3 amide bonds. The van der Waals surface area contributed by atoms with Gasteiger partial charge in [-0.2, -0.15) is 12.6 Å². The molecule has 4 atom stereocenters. The molecule has 0 saturated heterocycles. The molecule has 0 radical (unpaired) electrons. The van der Waals surface area contributed by atoms with Gasteiger partial charge < -0.3 is 41.9 Å². The maximum atomic E-state index is 13.2. The second kappa shape index (κ2) is 13.8. The van der Waals surface area contributed by atoms with Crippen LogP contribution in [0.15, 0.2) is 25.0 Å². The number of hydrogen-bond acceptors (Lipinski definition) is 9. The standard InChI is InChI=1S/C20H28N8O7S/c21-12(1-2-16(29)30)17(31)26-13(3-10-5-22-8-24-10)18(32)27-14(4-11-6-23-9-25-11)19(33)28-15(7-36)20(34)35/h5-6,8-9,12-15,36H,1-4,7,21H2,(H,22,24)(H,23,25)(H,26,31)(H,27,32)(H,28,33)(H,29,30)(H,34,35). The number of carbonyl (C=O) groups excluding carboxylic acids is 3. The van der Waals surface area contributed by atoms with Crippen molar-refractivity contribution in [1.82, 2.24) is 35.9 Å². The summed E-state index contributed by atoms with van der Waals surface area (Å²) in [6.07, 6.45) is 5.04. The van der Waals surface area contributed by atoms with E-state index in [-0.39, 0.29) is 31.4 Å². The van der Waals surface area contributed by atoms with Gasteiger partial charge in [-0.05, 0) is 6.42 Å². The first kappa shape index (κ1) is 28.3. The van der Waals surface area contributed by atoms with E-state index in [1.807, 2.05) is 0 Å². The minimum atomic E-state index is -1.30. The molecular weight excluding hydrogens is 496 g/mol. The Balaban J connectivity index is 2.20. The first-order valence-corrected chi connectivity index (χ1v) is 11.4. The summed E-state index contributed by atoms with van der Waals surface area (Å²) in [6, 6.07) is -4.93. The van der Waals surface area contributed by atoms with Gasteiger partial charge >= 0.3 is 11.9 Å². The average Bonchev–Trinajstić information content (AvgIpc) is 3.53. The topological polar surface area (TPSA) is 245 Å². The van der Waals surface area contributed by atoms with Gasteiger partial charge in [-0.3, -0.25) is 19.2 Å². The predicted octanol–water partition coefficient (Wildman–Crippen LogP) is -2.42. The van der Waals surface area contributed by atoms with E-state index in [1.165, 1.54) is 25.0 Å². The van der Waals surface area contributed by atoms with Gasteiger partial charge in [0.15, 0.2) is 0 Å². The Morgan fingerprint density at radius 3 is 1.72 bits per heavy atom. The SMILES string of the molecule is NC(CCC(=O)O)C(=O)NC(Cc1cnc[nH]1)C(=O)NC(Cc1cnc[nH]1)C(=O)NC(CS)C(=O)O. The number of thiol groups is 1. The third kappa shape index (κ3) is 9.03. The lowest BCUT2D eigenvalue weighted by Crippen LogP contribution is -2.58. The molecule has 4 unspecified atom stereocenters. The van der Waals surface area contributed by atoms with Crippen molar-refractivity contribution in [3.05, 3.63) is 36.4 Å². The van der Waals surface area contributed by atoms with Crippen LogP contribution in [0.3, 0.4) is 0 Å². The molecule has 2 heterocycles. The van der Waals surface area contributed by atoms with Crippen LogP contribution in [0.1, 0.15) is 24.2 Å². The summed E-state index contributed by atoms with van der Waals surface area (Å²) in [4.78, 5) is 74.0. The Bertz CT molecular complexity index is 1030. The van der Waals surface area contributed by atoms with Crippen molar-refractivity contribution in [3.63, 3.8) is 0 Å². The Morgan fingerprint density at radius 2 is 1.33 bits per heavy atom. The zero-order valence-electron chi connectivity index (χ0n) is 19.0. The Labute approximate surface area is 210 Å². The molecule has 9 N–H and O–H groups in total. The summed E-state index contributed by atoms with van der Waals surface area (Å²) in [6.45, 7) is 0. The highest BCUT2D eigenvalue weighted by molar-refractivity contribution is 7.80. The van der Waals surface area contributed by atoms with Gasteiger partial charge in [0.1, 0.15) is 18.1 Å². The number of carboxylic acids is 2. The number of aromatic amines is 2. The van der Waals surface area contributed by atoms with Crippen LogP contribution in [0.5, 0.6) is 0 Å². The Kier molecular flexibility index (Phi) is 10.9. The molecule has 0 bridgehead atoms. The smallest absolute Gasteiger partial charge is 0.327 e. The number of amides is 3. The van der Waals surface area contributed by atoms with Crippen LogP contribution in [-0.4, -0.2) is 89.7 Å². The number of H-pyrrole nitrogens is 2. The summed E-state index contributed by atoms with van der Waals surface area (Å²) < 4.78 is 0. The lowest BCUT2D eigenvalue weighted by molar-refractivity contribution is -0.141. The van der Waals surface area contributed by atoms with Crippen molar-refractivity contribution >= 4 is 42.3 Å². The summed E-state index contributed by atoms with van der Waals surface area (Å²) in [5.74, 6) is -4.92. The van der Waals surface area contributed by atoms with Gasteiger partial charge in [-0.1, -0.05) is 0 Å². The van der Waals surface area contributed by atoms with Crippen LogP contribution >= 0.6 is 12.6 Å². The van der Waals surface area contributed by atoms with Gasteiger partial charge in [0.2, 0.25) is 17.7 Å². The van der Waals surface area contributed by atoms with Crippen LogP contribution < -0.4 is 21.7 Å². The average molecular weight is 525 g/mol. The predicted molar refractivity (Wildman–Crippen MR) is 127 cm³/mol. The molecule has 36 heavy (non-hydrogen) atoms. The quantitative estimate of drug-likeness (QED) is 0.112. The van der Waals surface area contributed by atoms with Crippen LogP contribution in [0, 0.1) is 0 Å². The minimum absolute atomic E-state index is 0.0456. The van der Waals surface area contributed by atoms with E-state index in [0.29, 0.717) is 11.4 Å². The monoisotopic (exact) mass is 524 g/mol. The number of imidazole rings is 2. The number of nitrogens with two attached hydrogens (primary N) is 1. The summed E-state index contributed by atoms with van der Waals surface area (Å²) >= 11 is 3.92. The zero-order chi connectivity index (χ0) is 26.7. The fraction of sp³-hybridized carbons (Fsp3) is 0.450. The highest BCUT2D eigenvalue weighted by Gasteiger charge is 2.31. The van der Waals surface area contributed by atoms with Gasteiger partial charge in [0.25, 0.3) is 0 Å². The molecule has 0 saturated carbocycles. The van der Waals surface area contributed by atoms with E-state index in [9.17, 15) is 29.1 Å². The molecule has 196 valence electrons. The first-order chi connectivity index (χ1) is 17.1. The molecule has 0 aliphatic rings. The lowest BCUT2D eigenvalue weighted by atomic mass is 10.1. The number of nitrogens with one attached hydrogen (secondary N) is 5. The largest absolute Gasteiger partial charge is 0.481 e. The van der Waals surface area contributed by atoms with Crippen LogP contribution in [-0.2, 0) is 36.8 Å². The normalized spacial score (nSPS) is 14.2. The van der Waals surface area contributed by atoms with Gasteiger partial charge in [0.05, 0.1) is 18.7 Å². The number of carboxylic acid groups (broad SMARTS) is 2. The number of carbonyl (C=O) groups is 5. The van der Waals surface area contributed by atoms with E-state index in [1.54, 1.807) is 0 Å². The molecule has 2 aromatic rings. The van der Waals surface area contributed by atoms with Crippen molar-refractivity contribution in [2.45, 2.75) is 49.9 Å². The van der Waals surface area contributed by atoms with Gasteiger partial charge in [-0.25, -0.2) is 14.8 Å². The molecule has 16 heteroatoms. The van der Waals surface area contributed by atoms with Crippen molar-refractivity contribution in [2.75, 3.05) is 5.75 Å². The van der Waals surface area contributed by atoms with Crippen molar-refractivity contribution in [1.29, 1.82) is 0 Å². The molecule has 0 aliphatic heterocycles. The molecule has 2 aromatic heterocycles. The first-order valence-electron chi connectivity index (χ1n) is 10.8. The molecule has 0 spiro atoms. The molecule has 0 aliphatic carbocycles. The van der Waals surface area contributed by atoms with Gasteiger partial charge in [-0.15, -0.1) is 0 Å². The third-order valence-corrected chi connectivity index (χ3v) is 5.39. The lowest BCUT2D eigenvalue weighted by Gasteiger charge is -2.24. The second-order valence-corrected chi connectivity index (χ2v) is 8.17. The Morgan fingerprint density at radius 1 is 0.861 bits per heavy atom. The van der Waals surface area contributed by atoms with Crippen LogP contribution in [0.4, 0.5) is 0 Å². The highest BCUT2D eigenvalue weighted by Crippen LogP contribution is 2.05. The molecular formula is C20H28N8O7S. The number of rotatable bonds is 15. The van der Waals surface area contributed by atoms with E-state index >= 15 is 0 Å². The summed E-state index contributed by atoms with van der Waals surface area (Å²) in [5.41, 5.74) is 6.74. The molecule has 0 aromatic carbocycles. The fourth-order valence-electron chi connectivity index (χ4n) is 3.07. The van der Waals surface area contributed by atoms with E-state index in [4.69, 9.17) is 10.8 Å². The number of aromatic nitrogens is 4. The summed E-state index contributed by atoms with van der Waals surface area (Å²) in [5, 5.41) is 25.4. The number of aliphatic carboxylic acids is 2. The second-order valence-electron chi connectivity index (χ2n) is 7.81. The highest BCUT2D eigenvalue weighted by atomic mass is 32.1. The zero-order valence-corrected chi connectivity index (χ0v) is 19.9. The summed E-state index contributed by atoms with van der Waals surface area (Å²) in [7, 11) is 0. The molecule has 15 nitrogen and oxygen atoms in total. The van der Waals surface area contributed by atoms with Crippen molar-refractivity contribution < 1.29 is 34.2 Å². The Hall–Kier alpha value is -3.92. The van der Waals surface area contributed by atoms with Crippen LogP contribution in [0.2, 0.25) is 0 Å². The van der Waals surface area contributed by atoms with E-state index in [2.05, 4.69) is 48.5 Å².